The molecule has 1 spiro atoms. The van der Waals surface area contributed by atoms with Crippen molar-refractivity contribution in [2.24, 2.45) is 5.73 Å². The number of fused-ring (bicyclic) bond motifs is 6. The Morgan fingerprint density at radius 3 is 1.96 bits per heavy atom. The molecule has 6 nitrogen and oxygen atoms in total. The van der Waals surface area contributed by atoms with E-state index in [1.54, 1.807) is 24.3 Å². The van der Waals surface area contributed by atoms with E-state index < -0.39 is 11.6 Å². The van der Waals surface area contributed by atoms with Crippen LogP contribution in [0.3, 0.4) is 0 Å². The highest BCUT2D eigenvalue weighted by Gasteiger charge is 2.53. The van der Waals surface area contributed by atoms with Crippen molar-refractivity contribution in [2.45, 2.75) is 5.60 Å². The molecule has 0 saturated carbocycles. The lowest BCUT2D eigenvalue weighted by molar-refractivity contribution is 0.0224. The Labute approximate surface area is 155 Å². The first-order valence-electron chi connectivity index (χ1n) is 8.35. The maximum absolute atomic E-state index is 12.5. The first kappa shape index (κ1) is 16.9. The molecule has 4 N–H and O–H groups in total. The molecule has 3 aromatic rings. The van der Waals surface area contributed by atoms with Crippen LogP contribution in [0.1, 0.15) is 27.0 Å². The van der Waals surface area contributed by atoms with E-state index >= 15 is 0 Å². The molecule has 0 unspecified atom stereocenters. The quantitative estimate of drug-likeness (QED) is 0.530. The maximum Gasteiger partial charge on any atom is 0.340 e. The van der Waals surface area contributed by atoms with Crippen molar-refractivity contribution in [3.8, 4) is 23.0 Å². The Kier molecular flexibility index (Phi) is 3.78. The lowest BCUT2D eigenvalue weighted by Gasteiger charge is -2.36. The van der Waals surface area contributed by atoms with E-state index in [1.807, 2.05) is 12.1 Å². The topological polar surface area (TPSA) is 102 Å². The van der Waals surface area contributed by atoms with Gasteiger partial charge in [-0.05, 0) is 37.4 Å². The predicted octanol–water partition coefficient (Wildman–Crippen LogP) is 3.24. The second kappa shape index (κ2) is 6.03. The molecule has 0 saturated heterocycles. The SMILES string of the molecule is CN.O=C1OC2(c3ccc(O)cc3Oc3cc(O)ccc32)c2ccccc21. The summed E-state index contributed by atoms with van der Waals surface area (Å²) in [5.74, 6) is 0.408. The molecule has 3 aromatic carbocycles. The standard InChI is InChI=1S/C20H12O5.CH5N/c21-11-5-7-15-17(9-11)24-18-10-12(22)6-8-16(18)20(15)14-4-2-1-3-13(14)19(23)25-20;1-2/h1-10,21-22H;2H2,1H3. The third-order valence-corrected chi connectivity index (χ3v) is 4.68. The Morgan fingerprint density at radius 2 is 1.37 bits per heavy atom. The minimum absolute atomic E-state index is 0.0371. The number of esters is 1. The van der Waals surface area contributed by atoms with Gasteiger partial charge in [-0.1, -0.05) is 18.2 Å². The Balaban J connectivity index is 0.000000872. The van der Waals surface area contributed by atoms with E-state index in [0.717, 1.165) is 0 Å². The van der Waals surface area contributed by atoms with Crippen molar-refractivity contribution in [1.82, 2.24) is 0 Å². The van der Waals surface area contributed by atoms with Crippen LogP contribution in [0.4, 0.5) is 0 Å². The predicted molar refractivity (Wildman–Crippen MR) is 98.1 cm³/mol. The largest absolute Gasteiger partial charge is 0.508 e. The zero-order chi connectivity index (χ0) is 19.2. The fourth-order valence-electron chi connectivity index (χ4n) is 3.65. The van der Waals surface area contributed by atoms with Crippen LogP contribution in [0.15, 0.2) is 60.7 Å². The summed E-state index contributed by atoms with van der Waals surface area (Å²) in [6.07, 6.45) is 0. The maximum atomic E-state index is 12.5. The van der Waals surface area contributed by atoms with Crippen molar-refractivity contribution >= 4 is 5.97 Å². The molecule has 0 aliphatic carbocycles. The molecule has 0 amide bonds. The van der Waals surface area contributed by atoms with Crippen molar-refractivity contribution < 1.29 is 24.5 Å². The molecule has 0 bridgehead atoms. The summed E-state index contributed by atoms with van der Waals surface area (Å²) in [4.78, 5) is 12.5. The zero-order valence-corrected chi connectivity index (χ0v) is 14.5. The van der Waals surface area contributed by atoms with Gasteiger partial charge in [0.1, 0.15) is 23.0 Å². The molecule has 5 rings (SSSR count). The molecule has 0 aromatic heterocycles. The molecule has 27 heavy (non-hydrogen) atoms. The fourth-order valence-corrected chi connectivity index (χ4v) is 3.65. The number of ether oxygens (including phenoxy) is 2. The number of aromatic hydroxyl groups is 2. The monoisotopic (exact) mass is 363 g/mol. The van der Waals surface area contributed by atoms with Gasteiger partial charge in [0.2, 0.25) is 0 Å². The molecule has 2 aliphatic rings. The Hall–Kier alpha value is -3.51. The summed E-state index contributed by atoms with van der Waals surface area (Å²) in [7, 11) is 1.50. The number of carbonyl (C=O) groups is 1. The number of benzene rings is 3. The van der Waals surface area contributed by atoms with Crippen LogP contribution in [0, 0.1) is 0 Å². The summed E-state index contributed by atoms with van der Waals surface area (Å²) in [6.45, 7) is 0. The fraction of sp³-hybridized carbons (Fsp3) is 0.0952. The highest BCUT2D eigenvalue weighted by molar-refractivity contribution is 5.97. The van der Waals surface area contributed by atoms with E-state index in [2.05, 4.69) is 5.73 Å². The average molecular weight is 363 g/mol. The lowest BCUT2D eigenvalue weighted by atomic mass is 9.77. The summed E-state index contributed by atoms with van der Waals surface area (Å²) in [5.41, 5.74) is 5.78. The van der Waals surface area contributed by atoms with E-state index in [9.17, 15) is 15.0 Å². The Bertz CT molecular complexity index is 1010. The summed E-state index contributed by atoms with van der Waals surface area (Å²) >= 11 is 0. The minimum Gasteiger partial charge on any atom is -0.508 e. The number of hydrogen-bond acceptors (Lipinski definition) is 6. The molecule has 0 radical (unpaired) electrons. The van der Waals surface area contributed by atoms with Gasteiger partial charge in [0.25, 0.3) is 0 Å². The van der Waals surface area contributed by atoms with E-state index in [-0.39, 0.29) is 11.5 Å². The smallest absolute Gasteiger partial charge is 0.340 e. The second-order valence-electron chi connectivity index (χ2n) is 6.08. The van der Waals surface area contributed by atoms with Crippen LogP contribution in [0.5, 0.6) is 23.0 Å². The minimum atomic E-state index is -1.17. The number of hydrogen-bond donors (Lipinski definition) is 3. The molecule has 2 aliphatic heterocycles. The number of nitrogens with two attached hydrogens (primary N) is 1. The van der Waals surface area contributed by atoms with Crippen LogP contribution in [-0.4, -0.2) is 23.2 Å². The van der Waals surface area contributed by atoms with Gasteiger partial charge >= 0.3 is 5.97 Å². The van der Waals surface area contributed by atoms with Gasteiger partial charge in [-0.3, -0.25) is 0 Å². The van der Waals surface area contributed by atoms with E-state index in [1.165, 1.54) is 31.3 Å². The van der Waals surface area contributed by atoms with Crippen LogP contribution in [-0.2, 0) is 10.3 Å². The van der Waals surface area contributed by atoms with Gasteiger partial charge in [-0.2, -0.15) is 0 Å². The summed E-state index contributed by atoms with van der Waals surface area (Å²) in [6, 6.07) is 16.6. The molecule has 6 heteroatoms. The van der Waals surface area contributed by atoms with Crippen LogP contribution in [0.25, 0.3) is 0 Å². The molecular formula is C21H17NO5. The first-order valence-corrected chi connectivity index (χ1v) is 8.35. The normalized spacial score (nSPS) is 14.8. The first-order chi connectivity index (χ1) is 13.1. The third-order valence-electron chi connectivity index (χ3n) is 4.68. The van der Waals surface area contributed by atoms with Gasteiger partial charge in [0.15, 0.2) is 5.60 Å². The molecule has 0 atom stereocenters. The van der Waals surface area contributed by atoms with Crippen molar-refractivity contribution in [3.63, 3.8) is 0 Å². The number of phenolic OH excluding ortho intramolecular Hbond substituents is 2. The van der Waals surface area contributed by atoms with Crippen molar-refractivity contribution in [2.75, 3.05) is 7.05 Å². The molecule has 136 valence electrons. The molecular weight excluding hydrogens is 346 g/mol. The second-order valence-corrected chi connectivity index (χ2v) is 6.08. The van der Waals surface area contributed by atoms with Gasteiger partial charge in [0.05, 0.1) is 5.56 Å². The number of phenols is 2. The van der Waals surface area contributed by atoms with Crippen LogP contribution in [0.2, 0.25) is 0 Å². The average Bonchev–Trinajstić information content (AvgIpc) is 2.97. The number of rotatable bonds is 0. The third kappa shape index (κ3) is 2.27. The highest BCUT2D eigenvalue weighted by atomic mass is 16.6. The van der Waals surface area contributed by atoms with Gasteiger partial charge < -0.3 is 25.4 Å². The van der Waals surface area contributed by atoms with Gasteiger partial charge in [0, 0.05) is 28.8 Å². The Morgan fingerprint density at radius 1 is 0.815 bits per heavy atom. The van der Waals surface area contributed by atoms with E-state index in [4.69, 9.17) is 9.47 Å². The highest BCUT2D eigenvalue weighted by Crippen LogP contribution is 2.56. The van der Waals surface area contributed by atoms with Crippen molar-refractivity contribution in [1.29, 1.82) is 0 Å². The van der Waals surface area contributed by atoms with Gasteiger partial charge in [-0.15, -0.1) is 0 Å². The lowest BCUT2D eigenvalue weighted by Crippen LogP contribution is -2.32. The van der Waals surface area contributed by atoms with Crippen LogP contribution >= 0.6 is 0 Å². The van der Waals surface area contributed by atoms with Crippen molar-refractivity contribution in [3.05, 3.63) is 82.9 Å². The van der Waals surface area contributed by atoms with Crippen LogP contribution < -0.4 is 10.5 Å². The summed E-state index contributed by atoms with van der Waals surface area (Å²) in [5, 5.41) is 19.7. The number of carbonyl (C=O) groups excluding carboxylic acids is 1. The van der Waals surface area contributed by atoms with Gasteiger partial charge in [-0.25, -0.2) is 4.79 Å². The molecule has 2 heterocycles. The summed E-state index contributed by atoms with van der Waals surface area (Å²) < 4.78 is 11.8. The van der Waals surface area contributed by atoms with E-state index in [0.29, 0.717) is 33.8 Å². The zero-order valence-electron chi connectivity index (χ0n) is 14.5. The molecule has 0 fully saturated rings.